The number of nitrogen functional groups attached to an aromatic ring is 1. The van der Waals surface area contributed by atoms with Crippen LogP contribution in [0.3, 0.4) is 0 Å². The van der Waals surface area contributed by atoms with Crippen molar-refractivity contribution in [2.24, 2.45) is 0 Å². The van der Waals surface area contributed by atoms with Gasteiger partial charge in [-0.05, 0) is 23.9 Å². The second-order valence-electron chi connectivity index (χ2n) is 3.73. The second-order valence-corrected chi connectivity index (χ2v) is 5.81. The number of hydrogen-bond donors (Lipinski definition) is 3. The molecule has 18 heavy (non-hydrogen) atoms. The maximum atomic E-state index is 11.5. The number of carbonyl (C=O) groups excluding carboxylic acids is 1. The molecule has 4 nitrogen and oxygen atoms in total. The Morgan fingerprint density at radius 1 is 1.50 bits per heavy atom. The number of thiophene rings is 2. The first-order valence-electron chi connectivity index (χ1n) is 5.58. The molecule has 0 atom stereocenters. The number of anilines is 2. The highest BCUT2D eigenvalue weighted by molar-refractivity contribution is 7.18. The summed E-state index contributed by atoms with van der Waals surface area (Å²) in [5.74, 6) is -0.135. The number of nitrogens with two attached hydrogens (primary N) is 1. The van der Waals surface area contributed by atoms with Crippen molar-refractivity contribution >= 4 is 39.3 Å². The van der Waals surface area contributed by atoms with Crippen LogP contribution >= 0.6 is 22.7 Å². The van der Waals surface area contributed by atoms with E-state index in [0.29, 0.717) is 10.6 Å². The van der Waals surface area contributed by atoms with Crippen molar-refractivity contribution in [3.05, 3.63) is 33.3 Å². The topological polar surface area (TPSA) is 67.2 Å². The molecule has 2 heterocycles. The first-order chi connectivity index (χ1) is 8.70. The number of carbonyl (C=O) groups is 1. The second kappa shape index (κ2) is 5.88. The van der Waals surface area contributed by atoms with Gasteiger partial charge in [-0.2, -0.15) is 0 Å². The average Bonchev–Trinajstić information content (AvgIpc) is 2.98. The molecular formula is C12H15N3OS2. The van der Waals surface area contributed by atoms with Crippen molar-refractivity contribution in [2.45, 2.75) is 6.42 Å². The lowest BCUT2D eigenvalue weighted by atomic mass is 10.3. The number of hydrogen-bond acceptors (Lipinski definition) is 5. The molecule has 2 rings (SSSR count). The molecule has 0 saturated carbocycles. The third-order valence-corrected chi connectivity index (χ3v) is 4.49. The van der Waals surface area contributed by atoms with Gasteiger partial charge in [0, 0.05) is 18.5 Å². The van der Waals surface area contributed by atoms with Gasteiger partial charge < -0.3 is 16.4 Å². The smallest absolute Gasteiger partial charge is 0.263 e. The van der Waals surface area contributed by atoms with Crippen LogP contribution in [0.1, 0.15) is 14.5 Å². The van der Waals surface area contributed by atoms with Gasteiger partial charge in [0.2, 0.25) is 0 Å². The van der Waals surface area contributed by atoms with E-state index in [-0.39, 0.29) is 5.91 Å². The summed E-state index contributed by atoms with van der Waals surface area (Å²) in [7, 11) is 1.60. The van der Waals surface area contributed by atoms with Gasteiger partial charge in [0.25, 0.3) is 5.91 Å². The van der Waals surface area contributed by atoms with Crippen LogP contribution in [-0.2, 0) is 6.42 Å². The lowest BCUT2D eigenvalue weighted by molar-refractivity contribution is 0.0968. The molecule has 0 aromatic carbocycles. The minimum absolute atomic E-state index is 0.135. The highest BCUT2D eigenvalue weighted by Crippen LogP contribution is 2.29. The monoisotopic (exact) mass is 281 g/mol. The molecule has 6 heteroatoms. The Morgan fingerprint density at radius 3 is 3.00 bits per heavy atom. The molecule has 0 fully saturated rings. The van der Waals surface area contributed by atoms with Crippen LogP contribution in [0.25, 0.3) is 0 Å². The van der Waals surface area contributed by atoms with Crippen LogP contribution in [0.15, 0.2) is 23.6 Å². The SMILES string of the molecule is CNC(=O)c1sc(NCCc2cccs2)cc1N. The molecule has 0 saturated heterocycles. The molecule has 2 aromatic heterocycles. The van der Waals surface area contributed by atoms with Crippen LogP contribution in [0.2, 0.25) is 0 Å². The third-order valence-electron chi connectivity index (χ3n) is 2.44. The summed E-state index contributed by atoms with van der Waals surface area (Å²) in [6.07, 6.45) is 0.977. The quantitative estimate of drug-likeness (QED) is 0.788. The fraction of sp³-hybridized carbons (Fsp3) is 0.250. The maximum Gasteiger partial charge on any atom is 0.263 e. The largest absolute Gasteiger partial charge is 0.397 e. The third kappa shape index (κ3) is 3.02. The van der Waals surface area contributed by atoms with Crippen molar-refractivity contribution in [3.8, 4) is 0 Å². The molecule has 0 spiro atoms. The van der Waals surface area contributed by atoms with Crippen LogP contribution in [0.5, 0.6) is 0 Å². The Balaban J connectivity index is 1.92. The molecule has 0 unspecified atom stereocenters. The molecule has 0 bridgehead atoms. The van der Waals surface area contributed by atoms with Crippen molar-refractivity contribution in [2.75, 3.05) is 24.6 Å². The summed E-state index contributed by atoms with van der Waals surface area (Å²) in [4.78, 5) is 13.4. The minimum atomic E-state index is -0.135. The molecule has 0 aliphatic heterocycles. The summed E-state index contributed by atoms with van der Waals surface area (Å²) >= 11 is 3.13. The fourth-order valence-corrected chi connectivity index (χ4v) is 3.21. The molecule has 0 aliphatic carbocycles. The minimum Gasteiger partial charge on any atom is -0.397 e. The average molecular weight is 281 g/mol. The van der Waals surface area contributed by atoms with E-state index >= 15 is 0 Å². The lowest BCUT2D eigenvalue weighted by Crippen LogP contribution is -2.17. The Kier molecular flexibility index (Phi) is 4.22. The summed E-state index contributed by atoms with van der Waals surface area (Å²) in [6, 6.07) is 5.97. The highest BCUT2D eigenvalue weighted by Gasteiger charge is 2.12. The van der Waals surface area contributed by atoms with Crippen molar-refractivity contribution < 1.29 is 4.79 Å². The molecule has 1 amide bonds. The summed E-state index contributed by atoms with van der Waals surface area (Å²) in [5, 5.41) is 8.87. The zero-order chi connectivity index (χ0) is 13.0. The normalized spacial score (nSPS) is 10.3. The molecule has 0 radical (unpaired) electrons. The Bertz CT molecular complexity index is 519. The van der Waals surface area contributed by atoms with Gasteiger partial charge in [-0.1, -0.05) is 6.07 Å². The molecule has 96 valence electrons. The van der Waals surface area contributed by atoms with Crippen molar-refractivity contribution in [1.82, 2.24) is 5.32 Å². The number of nitrogens with one attached hydrogen (secondary N) is 2. The van der Waals surface area contributed by atoms with E-state index in [0.717, 1.165) is 18.0 Å². The van der Waals surface area contributed by atoms with Gasteiger partial charge in [0.05, 0.1) is 10.7 Å². The first-order valence-corrected chi connectivity index (χ1v) is 7.28. The standard InChI is InChI=1S/C12H15N3OS2/c1-14-12(16)11-9(13)7-10(18-11)15-5-4-8-3-2-6-17-8/h2-3,6-7,15H,4-5,13H2,1H3,(H,14,16). The van der Waals surface area contributed by atoms with Crippen LogP contribution in [-0.4, -0.2) is 19.5 Å². The van der Waals surface area contributed by atoms with Gasteiger partial charge >= 0.3 is 0 Å². The lowest BCUT2D eigenvalue weighted by Gasteiger charge is -2.01. The van der Waals surface area contributed by atoms with E-state index in [2.05, 4.69) is 22.1 Å². The van der Waals surface area contributed by atoms with E-state index in [1.807, 2.05) is 12.1 Å². The predicted octanol–water partition coefficient (Wildman–Crippen LogP) is 2.41. The summed E-state index contributed by atoms with van der Waals surface area (Å²) in [6.45, 7) is 0.841. The summed E-state index contributed by atoms with van der Waals surface area (Å²) in [5.41, 5.74) is 6.32. The van der Waals surface area contributed by atoms with E-state index in [9.17, 15) is 4.79 Å². The van der Waals surface area contributed by atoms with Gasteiger partial charge in [-0.3, -0.25) is 4.79 Å². The van der Waals surface area contributed by atoms with Crippen molar-refractivity contribution in [3.63, 3.8) is 0 Å². The predicted molar refractivity (Wildman–Crippen MR) is 78.6 cm³/mol. The summed E-state index contributed by atoms with van der Waals surface area (Å²) < 4.78 is 0. The van der Waals surface area contributed by atoms with Crippen LogP contribution in [0.4, 0.5) is 10.7 Å². The maximum absolute atomic E-state index is 11.5. The Hall–Kier alpha value is -1.53. The van der Waals surface area contributed by atoms with E-state index in [1.54, 1.807) is 18.4 Å². The van der Waals surface area contributed by atoms with Gasteiger partial charge in [0.1, 0.15) is 4.88 Å². The molecule has 0 aliphatic rings. The zero-order valence-corrected chi connectivity index (χ0v) is 11.7. The zero-order valence-electron chi connectivity index (χ0n) is 10.0. The molecular weight excluding hydrogens is 266 g/mol. The van der Waals surface area contributed by atoms with Crippen LogP contribution < -0.4 is 16.4 Å². The Labute approximate surface area is 114 Å². The van der Waals surface area contributed by atoms with E-state index < -0.39 is 0 Å². The van der Waals surface area contributed by atoms with E-state index in [1.165, 1.54) is 16.2 Å². The van der Waals surface area contributed by atoms with Gasteiger partial charge in [0.15, 0.2) is 0 Å². The first kappa shape index (κ1) is 12.9. The fourth-order valence-electron chi connectivity index (χ4n) is 1.55. The molecule has 4 N–H and O–H groups in total. The number of rotatable bonds is 5. The van der Waals surface area contributed by atoms with Gasteiger partial charge in [-0.25, -0.2) is 0 Å². The number of amides is 1. The van der Waals surface area contributed by atoms with E-state index in [4.69, 9.17) is 5.73 Å². The van der Waals surface area contributed by atoms with Crippen molar-refractivity contribution in [1.29, 1.82) is 0 Å². The highest BCUT2D eigenvalue weighted by atomic mass is 32.1. The molecule has 2 aromatic rings. The van der Waals surface area contributed by atoms with Crippen LogP contribution in [0, 0.1) is 0 Å². The van der Waals surface area contributed by atoms with Gasteiger partial charge in [-0.15, -0.1) is 22.7 Å². The Morgan fingerprint density at radius 2 is 2.33 bits per heavy atom.